The highest BCUT2D eigenvalue weighted by Crippen LogP contribution is 2.14. The molecule has 0 aliphatic rings. The van der Waals surface area contributed by atoms with Crippen molar-refractivity contribution in [1.82, 2.24) is 0 Å². The molecule has 2 rings (SSSR count). The zero-order valence-electron chi connectivity index (χ0n) is 12.0. The number of amides is 1. The van der Waals surface area contributed by atoms with Gasteiger partial charge in [-0.1, -0.05) is 17.3 Å². The Labute approximate surface area is 127 Å². The predicted octanol–water partition coefficient (Wildman–Crippen LogP) is 2.82. The molecular weight excluding hydrogens is 287 g/mol. The summed E-state index contributed by atoms with van der Waals surface area (Å²) in [6.45, 7) is -0.247. The predicted molar refractivity (Wildman–Crippen MR) is 81.6 cm³/mol. The van der Waals surface area contributed by atoms with E-state index >= 15 is 0 Å². The smallest absolute Gasteiger partial charge is 0.265 e. The van der Waals surface area contributed by atoms with Gasteiger partial charge in [0.15, 0.2) is 6.61 Å². The fraction of sp³-hybridized carbons (Fsp3) is 0.125. The number of anilines is 1. The average molecular weight is 302 g/mol. The Kier molecular flexibility index (Phi) is 5.48. The van der Waals surface area contributed by atoms with Crippen LogP contribution in [-0.4, -0.2) is 25.8 Å². The first-order valence-electron chi connectivity index (χ1n) is 6.53. The fourth-order valence-corrected chi connectivity index (χ4v) is 1.69. The van der Waals surface area contributed by atoms with E-state index in [1.807, 2.05) is 18.2 Å². The number of carbonyl (C=O) groups is 1. The van der Waals surface area contributed by atoms with E-state index in [4.69, 9.17) is 9.57 Å². The van der Waals surface area contributed by atoms with Gasteiger partial charge < -0.3 is 14.9 Å². The summed E-state index contributed by atoms with van der Waals surface area (Å²) in [6, 6.07) is 12.7. The number of para-hydroxylation sites is 1. The highest BCUT2D eigenvalue weighted by atomic mass is 19.1. The van der Waals surface area contributed by atoms with Gasteiger partial charge in [-0.2, -0.15) is 0 Å². The topological polar surface area (TPSA) is 59.9 Å². The molecule has 114 valence electrons. The van der Waals surface area contributed by atoms with Gasteiger partial charge in [-0.05, 0) is 36.4 Å². The van der Waals surface area contributed by atoms with Crippen LogP contribution in [-0.2, 0) is 9.63 Å². The monoisotopic (exact) mass is 302 g/mol. The highest BCUT2D eigenvalue weighted by Gasteiger charge is 2.03. The van der Waals surface area contributed by atoms with E-state index in [1.54, 1.807) is 13.2 Å². The van der Waals surface area contributed by atoms with E-state index in [2.05, 4.69) is 10.5 Å². The summed E-state index contributed by atoms with van der Waals surface area (Å²) in [4.78, 5) is 16.5. The molecule has 0 unspecified atom stereocenters. The summed E-state index contributed by atoms with van der Waals surface area (Å²) < 4.78 is 17.9. The maximum atomic E-state index is 12.7. The third-order valence-electron chi connectivity index (χ3n) is 2.73. The van der Waals surface area contributed by atoms with Crippen LogP contribution in [0.3, 0.4) is 0 Å². The fourth-order valence-electron chi connectivity index (χ4n) is 1.69. The summed E-state index contributed by atoms with van der Waals surface area (Å²) in [5, 5.41) is 6.28. The zero-order valence-corrected chi connectivity index (χ0v) is 12.0. The van der Waals surface area contributed by atoms with E-state index in [9.17, 15) is 9.18 Å². The minimum Gasteiger partial charge on any atom is -0.496 e. The molecule has 0 radical (unpaired) electrons. The molecule has 0 saturated heterocycles. The van der Waals surface area contributed by atoms with Crippen LogP contribution in [0.15, 0.2) is 53.7 Å². The van der Waals surface area contributed by atoms with Crippen molar-refractivity contribution < 1.29 is 18.8 Å². The number of oxime groups is 1. The second-order valence-corrected chi connectivity index (χ2v) is 4.30. The Morgan fingerprint density at radius 3 is 2.68 bits per heavy atom. The van der Waals surface area contributed by atoms with Gasteiger partial charge in [0, 0.05) is 11.3 Å². The Hall–Kier alpha value is -2.89. The van der Waals surface area contributed by atoms with Gasteiger partial charge in [0.2, 0.25) is 0 Å². The lowest BCUT2D eigenvalue weighted by Gasteiger charge is -2.04. The maximum absolute atomic E-state index is 12.7. The third kappa shape index (κ3) is 4.59. The van der Waals surface area contributed by atoms with Crippen LogP contribution < -0.4 is 10.1 Å². The van der Waals surface area contributed by atoms with Gasteiger partial charge in [0.05, 0.1) is 13.3 Å². The molecule has 0 aliphatic heterocycles. The lowest BCUT2D eigenvalue weighted by molar-refractivity contribution is -0.120. The van der Waals surface area contributed by atoms with Crippen molar-refractivity contribution >= 4 is 17.8 Å². The van der Waals surface area contributed by atoms with Gasteiger partial charge in [0.1, 0.15) is 11.6 Å². The lowest BCUT2D eigenvalue weighted by Crippen LogP contribution is -2.16. The Morgan fingerprint density at radius 1 is 1.23 bits per heavy atom. The van der Waals surface area contributed by atoms with Gasteiger partial charge in [-0.25, -0.2) is 4.39 Å². The summed E-state index contributed by atoms with van der Waals surface area (Å²) in [5.41, 5.74) is 1.23. The molecule has 0 aliphatic carbocycles. The van der Waals surface area contributed by atoms with Crippen molar-refractivity contribution in [2.75, 3.05) is 19.0 Å². The van der Waals surface area contributed by atoms with Crippen molar-refractivity contribution in [2.45, 2.75) is 0 Å². The molecule has 22 heavy (non-hydrogen) atoms. The number of nitrogens with zero attached hydrogens (tertiary/aromatic N) is 1. The molecule has 0 saturated carbocycles. The summed E-state index contributed by atoms with van der Waals surface area (Å²) in [7, 11) is 1.56. The molecule has 5 nitrogen and oxygen atoms in total. The van der Waals surface area contributed by atoms with Crippen LogP contribution in [0.5, 0.6) is 5.75 Å². The first kappa shape index (κ1) is 15.5. The molecule has 0 spiro atoms. The van der Waals surface area contributed by atoms with Crippen LogP contribution in [0.2, 0.25) is 0 Å². The first-order chi connectivity index (χ1) is 10.7. The van der Waals surface area contributed by atoms with E-state index in [-0.39, 0.29) is 18.3 Å². The van der Waals surface area contributed by atoms with Gasteiger partial charge >= 0.3 is 0 Å². The Morgan fingerprint density at radius 2 is 1.95 bits per heavy atom. The van der Waals surface area contributed by atoms with E-state index < -0.39 is 0 Å². The largest absolute Gasteiger partial charge is 0.496 e. The number of ether oxygens (including phenoxy) is 1. The molecule has 0 atom stereocenters. The standard InChI is InChI=1S/C16H15FN2O3/c1-21-15-5-3-2-4-12(15)10-18-22-11-16(20)19-14-8-6-13(17)7-9-14/h2-10H,11H2,1H3,(H,19,20)/b18-10-. The molecule has 0 aromatic heterocycles. The highest BCUT2D eigenvalue weighted by molar-refractivity contribution is 5.91. The minimum atomic E-state index is -0.385. The van der Waals surface area contributed by atoms with Crippen LogP contribution in [0.25, 0.3) is 0 Å². The lowest BCUT2D eigenvalue weighted by atomic mass is 10.2. The number of nitrogens with one attached hydrogen (secondary N) is 1. The second kappa shape index (κ2) is 7.78. The van der Waals surface area contributed by atoms with E-state index in [1.165, 1.54) is 30.5 Å². The molecule has 0 bridgehead atoms. The molecule has 0 heterocycles. The van der Waals surface area contributed by atoms with Crippen LogP contribution in [0.1, 0.15) is 5.56 Å². The van der Waals surface area contributed by atoms with Crippen molar-refractivity contribution in [3.63, 3.8) is 0 Å². The van der Waals surface area contributed by atoms with E-state index in [0.29, 0.717) is 11.4 Å². The number of hydrogen-bond acceptors (Lipinski definition) is 4. The molecule has 1 amide bonds. The van der Waals surface area contributed by atoms with Crippen molar-refractivity contribution in [3.05, 3.63) is 59.9 Å². The summed E-state index contributed by atoms with van der Waals surface area (Å²) >= 11 is 0. The van der Waals surface area contributed by atoms with E-state index in [0.717, 1.165) is 5.56 Å². The zero-order chi connectivity index (χ0) is 15.8. The van der Waals surface area contributed by atoms with Gasteiger partial charge in [-0.15, -0.1) is 0 Å². The number of halogens is 1. The summed E-state index contributed by atoms with van der Waals surface area (Å²) in [5.74, 6) is -0.0925. The molecule has 1 N–H and O–H groups in total. The Bertz CT molecular complexity index is 657. The van der Waals surface area contributed by atoms with Crippen LogP contribution in [0.4, 0.5) is 10.1 Å². The number of carbonyl (C=O) groups excluding carboxylic acids is 1. The van der Waals surface area contributed by atoms with Crippen molar-refractivity contribution in [1.29, 1.82) is 0 Å². The molecule has 6 heteroatoms. The number of methoxy groups -OCH3 is 1. The normalized spacial score (nSPS) is 10.5. The van der Waals surface area contributed by atoms with Crippen LogP contribution in [0, 0.1) is 5.82 Å². The third-order valence-corrected chi connectivity index (χ3v) is 2.73. The van der Waals surface area contributed by atoms with Crippen LogP contribution >= 0.6 is 0 Å². The molecule has 2 aromatic carbocycles. The molecule has 0 fully saturated rings. The SMILES string of the molecule is COc1ccccc1/C=N\OCC(=O)Nc1ccc(F)cc1. The second-order valence-electron chi connectivity index (χ2n) is 4.30. The first-order valence-corrected chi connectivity index (χ1v) is 6.53. The quantitative estimate of drug-likeness (QED) is 0.659. The van der Waals surface area contributed by atoms with Gasteiger partial charge in [0.25, 0.3) is 5.91 Å². The van der Waals surface area contributed by atoms with Crippen molar-refractivity contribution in [2.24, 2.45) is 5.16 Å². The summed E-state index contributed by atoms with van der Waals surface area (Å²) in [6.07, 6.45) is 1.46. The number of rotatable bonds is 6. The van der Waals surface area contributed by atoms with Crippen molar-refractivity contribution in [3.8, 4) is 5.75 Å². The number of hydrogen-bond donors (Lipinski definition) is 1. The minimum absolute atomic E-state index is 0.247. The maximum Gasteiger partial charge on any atom is 0.265 e. The average Bonchev–Trinajstić information content (AvgIpc) is 2.54. The molecular formula is C16H15FN2O3. The molecule has 2 aromatic rings. The van der Waals surface area contributed by atoms with Gasteiger partial charge in [-0.3, -0.25) is 4.79 Å². The number of benzene rings is 2. The Balaban J connectivity index is 1.81.